The van der Waals surface area contributed by atoms with Crippen molar-refractivity contribution in [2.75, 3.05) is 0 Å². The predicted octanol–water partition coefficient (Wildman–Crippen LogP) is 4.15. The summed E-state index contributed by atoms with van der Waals surface area (Å²) in [4.78, 5) is 5.50. The number of thiophene rings is 1. The molecule has 0 aliphatic heterocycles. The lowest BCUT2D eigenvalue weighted by molar-refractivity contribution is 0.580. The van der Waals surface area contributed by atoms with E-state index in [-0.39, 0.29) is 0 Å². The molecule has 2 heterocycles. The molecule has 3 aromatic rings. The van der Waals surface area contributed by atoms with Crippen molar-refractivity contribution in [2.45, 2.75) is 33.0 Å². The van der Waals surface area contributed by atoms with Gasteiger partial charge in [0.15, 0.2) is 0 Å². The van der Waals surface area contributed by atoms with Gasteiger partial charge in [0.25, 0.3) is 0 Å². The number of imidazole rings is 1. The highest BCUT2D eigenvalue weighted by atomic mass is 32.1. The van der Waals surface area contributed by atoms with Crippen molar-refractivity contribution < 1.29 is 0 Å². The highest BCUT2D eigenvalue weighted by Crippen LogP contribution is 2.23. The van der Waals surface area contributed by atoms with E-state index in [0.29, 0.717) is 6.04 Å². The number of benzene rings is 1. The smallest absolute Gasteiger partial charge is 0.0949 e. The molecule has 3 nitrogen and oxygen atoms in total. The molecule has 3 rings (SSSR count). The van der Waals surface area contributed by atoms with Crippen molar-refractivity contribution in [3.8, 4) is 0 Å². The van der Waals surface area contributed by atoms with Gasteiger partial charge in [0.05, 0.1) is 6.33 Å². The number of nitrogens with zero attached hydrogens (tertiary/aromatic N) is 2. The first kappa shape index (κ1) is 15.0. The Kier molecular flexibility index (Phi) is 4.71. The lowest BCUT2D eigenvalue weighted by Gasteiger charge is -2.14. The molecule has 0 radical (unpaired) electrons. The Morgan fingerprint density at radius 1 is 1.18 bits per heavy atom. The molecule has 0 aliphatic rings. The SMILES string of the molecule is Cc1ccsc1C(C)NCc1ccc(Cn2ccnc2)cc1. The molecular weight excluding hydrogens is 290 g/mol. The molecule has 1 atom stereocenters. The molecule has 22 heavy (non-hydrogen) atoms. The first-order valence-electron chi connectivity index (χ1n) is 7.53. The minimum atomic E-state index is 0.394. The number of nitrogens with one attached hydrogen (secondary N) is 1. The maximum atomic E-state index is 4.07. The van der Waals surface area contributed by atoms with Crippen LogP contribution in [0.1, 0.15) is 34.5 Å². The van der Waals surface area contributed by atoms with E-state index in [0.717, 1.165) is 13.1 Å². The van der Waals surface area contributed by atoms with Crippen LogP contribution in [0, 0.1) is 6.92 Å². The van der Waals surface area contributed by atoms with E-state index in [2.05, 4.69) is 64.4 Å². The van der Waals surface area contributed by atoms with Crippen LogP contribution in [0.15, 0.2) is 54.4 Å². The molecule has 0 bridgehead atoms. The molecule has 0 fully saturated rings. The molecule has 4 heteroatoms. The number of rotatable bonds is 6. The molecule has 1 aromatic carbocycles. The van der Waals surface area contributed by atoms with Gasteiger partial charge >= 0.3 is 0 Å². The second-order valence-corrected chi connectivity index (χ2v) is 6.57. The summed E-state index contributed by atoms with van der Waals surface area (Å²) in [5.74, 6) is 0. The van der Waals surface area contributed by atoms with Gasteiger partial charge in [-0.2, -0.15) is 0 Å². The van der Waals surface area contributed by atoms with Crippen LogP contribution < -0.4 is 5.32 Å². The van der Waals surface area contributed by atoms with Crippen LogP contribution in [0.3, 0.4) is 0 Å². The van der Waals surface area contributed by atoms with Gasteiger partial charge in [0, 0.05) is 36.4 Å². The largest absolute Gasteiger partial charge is 0.333 e. The number of hydrogen-bond donors (Lipinski definition) is 1. The van der Waals surface area contributed by atoms with Gasteiger partial charge in [0.1, 0.15) is 0 Å². The Morgan fingerprint density at radius 2 is 1.95 bits per heavy atom. The molecule has 1 N–H and O–H groups in total. The summed E-state index contributed by atoms with van der Waals surface area (Å²) in [6.45, 7) is 6.17. The third-order valence-corrected chi connectivity index (χ3v) is 5.06. The monoisotopic (exact) mass is 311 g/mol. The van der Waals surface area contributed by atoms with Gasteiger partial charge in [-0.1, -0.05) is 24.3 Å². The van der Waals surface area contributed by atoms with E-state index in [1.54, 1.807) is 0 Å². The fraction of sp³-hybridized carbons (Fsp3) is 0.278. The average molecular weight is 311 g/mol. The minimum Gasteiger partial charge on any atom is -0.333 e. The van der Waals surface area contributed by atoms with Gasteiger partial charge in [-0.25, -0.2) is 4.98 Å². The third-order valence-electron chi connectivity index (χ3n) is 3.85. The standard InChI is InChI=1S/C18H21N3S/c1-14-7-10-22-18(14)15(2)20-11-16-3-5-17(6-4-16)12-21-9-8-19-13-21/h3-10,13,15,20H,11-12H2,1-2H3. The highest BCUT2D eigenvalue weighted by Gasteiger charge is 2.09. The first-order chi connectivity index (χ1) is 10.7. The second kappa shape index (κ2) is 6.90. The maximum Gasteiger partial charge on any atom is 0.0949 e. The van der Waals surface area contributed by atoms with E-state index >= 15 is 0 Å². The van der Waals surface area contributed by atoms with Crippen LogP contribution in [0.5, 0.6) is 0 Å². The van der Waals surface area contributed by atoms with Crippen LogP contribution in [-0.4, -0.2) is 9.55 Å². The van der Waals surface area contributed by atoms with Gasteiger partial charge in [0.2, 0.25) is 0 Å². The molecular formula is C18H21N3S. The molecule has 1 unspecified atom stereocenters. The second-order valence-electron chi connectivity index (χ2n) is 5.62. The third kappa shape index (κ3) is 3.64. The zero-order valence-corrected chi connectivity index (χ0v) is 13.8. The van der Waals surface area contributed by atoms with Crippen molar-refractivity contribution in [2.24, 2.45) is 0 Å². The van der Waals surface area contributed by atoms with Crippen LogP contribution in [-0.2, 0) is 13.1 Å². The zero-order valence-electron chi connectivity index (χ0n) is 13.0. The Labute approximate surface area is 135 Å². The lowest BCUT2D eigenvalue weighted by Crippen LogP contribution is -2.17. The summed E-state index contributed by atoms with van der Waals surface area (Å²) in [5.41, 5.74) is 3.99. The first-order valence-corrected chi connectivity index (χ1v) is 8.41. The summed E-state index contributed by atoms with van der Waals surface area (Å²) in [6, 6.07) is 11.4. The van der Waals surface area contributed by atoms with Gasteiger partial charge in [-0.3, -0.25) is 0 Å². The van der Waals surface area contributed by atoms with E-state index in [4.69, 9.17) is 0 Å². The summed E-state index contributed by atoms with van der Waals surface area (Å²) >= 11 is 1.83. The minimum absolute atomic E-state index is 0.394. The molecule has 2 aromatic heterocycles. The van der Waals surface area contributed by atoms with Gasteiger partial charge in [-0.05, 0) is 42.0 Å². The van der Waals surface area contributed by atoms with E-state index in [9.17, 15) is 0 Å². The highest BCUT2D eigenvalue weighted by molar-refractivity contribution is 7.10. The topological polar surface area (TPSA) is 29.9 Å². The normalized spacial score (nSPS) is 12.5. The summed E-state index contributed by atoms with van der Waals surface area (Å²) < 4.78 is 2.08. The molecule has 0 saturated heterocycles. The fourth-order valence-corrected chi connectivity index (χ4v) is 3.51. The fourth-order valence-electron chi connectivity index (χ4n) is 2.55. The molecule has 114 valence electrons. The number of aromatic nitrogens is 2. The van der Waals surface area contributed by atoms with Crippen molar-refractivity contribution in [3.63, 3.8) is 0 Å². The van der Waals surface area contributed by atoms with Crippen molar-refractivity contribution >= 4 is 11.3 Å². The Morgan fingerprint density at radius 3 is 2.59 bits per heavy atom. The zero-order chi connectivity index (χ0) is 15.4. The summed E-state index contributed by atoms with van der Waals surface area (Å²) in [6.07, 6.45) is 5.65. The Hall–Kier alpha value is -1.91. The van der Waals surface area contributed by atoms with Crippen molar-refractivity contribution in [1.82, 2.24) is 14.9 Å². The van der Waals surface area contributed by atoms with Gasteiger partial charge in [-0.15, -0.1) is 11.3 Å². The van der Waals surface area contributed by atoms with Crippen LogP contribution in [0.2, 0.25) is 0 Å². The quantitative estimate of drug-likeness (QED) is 0.741. The van der Waals surface area contributed by atoms with Gasteiger partial charge < -0.3 is 9.88 Å². The van der Waals surface area contributed by atoms with Crippen LogP contribution in [0.25, 0.3) is 0 Å². The van der Waals surface area contributed by atoms with Crippen LogP contribution in [0.4, 0.5) is 0 Å². The van der Waals surface area contributed by atoms with Crippen molar-refractivity contribution in [1.29, 1.82) is 0 Å². The number of aryl methyl sites for hydroxylation is 1. The van der Waals surface area contributed by atoms with Crippen molar-refractivity contribution in [3.05, 3.63) is 76.0 Å². The Bertz CT molecular complexity index is 698. The van der Waals surface area contributed by atoms with E-state index in [1.165, 1.54) is 21.6 Å². The summed E-state index contributed by atoms with van der Waals surface area (Å²) in [7, 11) is 0. The van der Waals surface area contributed by atoms with E-state index in [1.807, 2.05) is 30.1 Å². The van der Waals surface area contributed by atoms with E-state index < -0.39 is 0 Å². The predicted molar refractivity (Wildman–Crippen MR) is 92.1 cm³/mol. The van der Waals surface area contributed by atoms with Crippen LogP contribution >= 0.6 is 11.3 Å². The number of hydrogen-bond acceptors (Lipinski definition) is 3. The summed E-state index contributed by atoms with van der Waals surface area (Å²) in [5, 5.41) is 5.76. The molecule has 0 saturated carbocycles. The average Bonchev–Trinajstić information content (AvgIpc) is 3.18. The maximum absolute atomic E-state index is 4.07. The lowest BCUT2D eigenvalue weighted by atomic mass is 10.1. The Balaban J connectivity index is 1.56. The molecule has 0 amide bonds. The molecule has 0 spiro atoms. The molecule has 0 aliphatic carbocycles.